The molecule has 0 unspecified atom stereocenters. The van der Waals surface area contributed by atoms with Gasteiger partial charge in [-0.25, -0.2) is 9.97 Å². The topological polar surface area (TPSA) is 58.6 Å². The zero-order valence-electron chi connectivity index (χ0n) is 14.1. The molecule has 3 heterocycles. The highest BCUT2D eigenvalue weighted by Crippen LogP contribution is 2.22. The van der Waals surface area contributed by atoms with Gasteiger partial charge in [-0.2, -0.15) is 0 Å². The first-order valence-corrected chi connectivity index (χ1v) is 8.54. The maximum atomic E-state index is 12.5. The van der Waals surface area contributed by atoms with Gasteiger partial charge in [-0.15, -0.1) is 0 Å². The average molecular weight is 318 g/mol. The molecule has 6 nitrogen and oxygen atoms in total. The minimum absolute atomic E-state index is 0.274. The first kappa shape index (κ1) is 16.2. The molecule has 1 amide bonds. The number of carbonyl (C=O) groups excluding carboxylic acids is 1. The molecule has 23 heavy (non-hydrogen) atoms. The Balaban J connectivity index is 1.53. The normalized spacial score (nSPS) is 22.3. The lowest BCUT2D eigenvalue weighted by Gasteiger charge is -2.36. The number of hydrogen-bond acceptors (Lipinski definition) is 5. The van der Waals surface area contributed by atoms with Gasteiger partial charge in [-0.1, -0.05) is 0 Å². The van der Waals surface area contributed by atoms with Crippen LogP contribution in [0.15, 0.2) is 6.33 Å². The van der Waals surface area contributed by atoms with Crippen molar-refractivity contribution in [2.24, 2.45) is 5.92 Å². The third-order valence-electron chi connectivity index (χ3n) is 4.96. The van der Waals surface area contributed by atoms with Crippen LogP contribution in [0.3, 0.4) is 0 Å². The van der Waals surface area contributed by atoms with Crippen molar-refractivity contribution in [2.75, 3.05) is 44.3 Å². The van der Waals surface area contributed by atoms with Crippen molar-refractivity contribution >= 4 is 11.7 Å². The second-order valence-corrected chi connectivity index (χ2v) is 6.56. The van der Waals surface area contributed by atoms with E-state index in [9.17, 15) is 4.79 Å². The van der Waals surface area contributed by atoms with Crippen molar-refractivity contribution in [3.63, 3.8) is 0 Å². The number of aryl methyl sites for hydroxylation is 1. The molecular weight excluding hydrogens is 292 g/mol. The number of nitrogens with zero attached hydrogens (tertiary/aromatic N) is 4. The number of anilines is 1. The Labute approximate surface area is 137 Å². The zero-order valence-corrected chi connectivity index (χ0v) is 14.1. The summed E-state index contributed by atoms with van der Waals surface area (Å²) in [6, 6.07) is 0. The molecule has 0 spiro atoms. The van der Waals surface area contributed by atoms with E-state index >= 15 is 0 Å². The molecule has 1 aromatic rings. The molecule has 0 aromatic carbocycles. The van der Waals surface area contributed by atoms with Crippen LogP contribution in [0.25, 0.3) is 0 Å². The molecule has 2 fully saturated rings. The standard InChI is InChI=1S/C17H26N4O2/c1-13-14(2)18-12-19-17(13)21-7-5-20(6-8-21)16(22)10-15-4-3-9-23-11-15/h12,15H,3-11H2,1-2H3/t15-/m1/s1. The monoisotopic (exact) mass is 318 g/mol. The number of rotatable bonds is 3. The molecule has 6 heteroatoms. The first-order valence-electron chi connectivity index (χ1n) is 8.54. The summed E-state index contributed by atoms with van der Waals surface area (Å²) >= 11 is 0. The fourth-order valence-corrected chi connectivity index (χ4v) is 3.36. The third-order valence-corrected chi connectivity index (χ3v) is 4.96. The molecule has 1 aromatic heterocycles. The van der Waals surface area contributed by atoms with Crippen LogP contribution in [0.5, 0.6) is 0 Å². The van der Waals surface area contributed by atoms with E-state index in [2.05, 4.69) is 21.8 Å². The highest BCUT2D eigenvalue weighted by Gasteiger charge is 2.25. The van der Waals surface area contributed by atoms with Gasteiger partial charge < -0.3 is 14.5 Å². The van der Waals surface area contributed by atoms with Gasteiger partial charge in [0.05, 0.1) is 0 Å². The van der Waals surface area contributed by atoms with Crippen LogP contribution in [0.2, 0.25) is 0 Å². The molecule has 0 saturated carbocycles. The van der Waals surface area contributed by atoms with Crippen molar-refractivity contribution in [1.29, 1.82) is 0 Å². The van der Waals surface area contributed by atoms with Gasteiger partial charge in [-0.3, -0.25) is 4.79 Å². The van der Waals surface area contributed by atoms with E-state index in [4.69, 9.17) is 4.74 Å². The minimum Gasteiger partial charge on any atom is -0.381 e. The fraction of sp³-hybridized carbons (Fsp3) is 0.706. The van der Waals surface area contributed by atoms with Crippen LogP contribution in [-0.2, 0) is 9.53 Å². The number of ether oxygens (including phenoxy) is 1. The van der Waals surface area contributed by atoms with E-state index in [0.717, 1.165) is 69.3 Å². The molecule has 0 aliphatic carbocycles. The second-order valence-electron chi connectivity index (χ2n) is 6.56. The van der Waals surface area contributed by atoms with Gasteiger partial charge in [0.15, 0.2) is 0 Å². The maximum Gasteiger partial charge on any atom is 0.223 e. The van der Waals surface area contributed by atoms with Crippen molar-refractivity contribution < 1.29 is 9.53 Å². The molecule has 0 radical (unpaired) electrons. The van der Waals surface area contributed by atoms with E-state index in [0.29, 0.717) is 12.3 Å². The molecule has 3 rings (SSSR count). The van der Waals surface area contributed by atoms with Gasteiger partial charge in [0.25, 0.3) is 0 Å². The first-order chi connectivity index (χ1) is 11.1. The number of hydrogen-bond donors (Lipinski definition) is 0. The van der Waals surface area contributed by atoms with E-state index in [1.807, 2.05) is 11.8 Å². The van der Waals surface area contributed by atoms with E-state index in [1.165, 1.54) is 0 Å². The van der Waals surface area contributed by atoms with Crippen LogP contribution in [-0.4, -0.2) is 60.2 Å². The van der Waals surface area contributed by atoms with Crippen molar-refractivity contribution in [1.82, 2.24) is 14.9 Å². The summed E-state index contributed by atoms with van der Waals surface area (Å²) < 4.78 is 5.48. The van der Waals surface area contributed by atoms with Gasteiger partial charge in [0.2, 0.25) is 5.91 Å². The Kier molecular flexibility index (Phi) is 5.10. The number of carbonyl (C=O) groups is 1. The molecular formula is C17H26N4O2. The van der Waals surface area contributed by atoms with Gasteiger partial charge in [-0.05, 0) is 32.6 Å². The lowest BCUT2D eigenvalue weighted by Crippen LogP contribution is -2.49. The Hall–Kier alpha value is -1.69. The summed E-state index contributed by atoms with van der Waals surface area (Å²) in [5.41, 5.74) is 2.15. The lowest BCUT2D eigenvalue weighted by molar-refractivity contribution is -0.133. The summed E-state index contributed by atoms with van der Waals surface area (Å²) in [7, 11) is 0. The third kappa shape index (κ3) is 3.80. The average Bonchev–Trinajstić information content (AvgIpc) is 2.58. The van der Waals surface area contributed by atoms with Gasteiger partial charge in [0.1, 0.15) is 12.1 Å². The SMILES string of the molecule is Cc1ncnc(N2CCN(C(=O)C[C@H]3CCCOC3)CC2)c1C. The Morgan fingerprint density at radius 2 is 2.04 bits per heavy atom. The second kappa shape index (κ2) is 7.25. The smallest absolute Gasteiger partial charge is 0.223 e. The number of piperazine rings is 1. The van der Waals surface area contributed by atoms with Crippen LogP contribution in [0.1, 0.15) is 30.5 Å². The molecule has 0 bridgehead atoms. The molecule has 126 valence electrons. The maximum absolute atomic E-state index is 12.5. The molecule has 2 saturated heterocycles. The highest BCUT2D eigenvalue weighted by atomic mass is 16.5. The van der Waals surface area contributed by atoms with Crippen molar-refractivity contribution in [3.05, 3.63) is 17.6 Å². The van der Waals surface area contributed by atoms with E-state index < -0.39 is 0 Å². The Morgan fingerprint density at radius 1 is 1.26 bits per heavy atom. The molecule has 0 N–H and O–H groups in total. The van der Waals surface area contributed by atoms with Crippen molar-refractivity contribution in [2.45, 2.75) is 33.1 Å². The Morgan fingerprint density at radius 3 is 2.74 bits per heavy atom. The summed E-state index contributed by atoms with van der Waals surface area (Å²) in [6.07, 6.45) is 4.45. The summed E-state index contributed by atoms with van der Waals surface area (Å²) in [5.74, 6) is 1.68. The molecule has 2 aliphatic heterocycles. The fourth-order valence-electron chi connectivity index (χ4n) is 3.36. The zero-order chi connectivity index (χ0) is 16.2. The predicted octanol–water partition coefficient (Wildman–Crippen LogP) is 1.56. The summed E-state index contributed by atoms with van der Waals surface area (Å²) in [4.78, 5) is 25.4. The summed E-state index contributed by atoms with van der Waals surface area (Å²) in [6.45, 7) is 8.88. The number of aromatic nitrogens is 2. The Bertz CT molecular complexity index is 550. The largest absolute Gasteiger partial charge is 0.381 e. The molecule has 1 atom stereocenters. The van der Waals surface area contributed by atoms with Crippen LogP contribution in [0.4, 0.5) is 5.82 Å². The van der Waals surface area contributed by atoms with Gasteiger partial charge in [0, 0.05) is 57.1 Å². The van der Waals surface area contributed by atoms with Crippen LogP contribution >= 0.6 is 0 Å². The minimum atomic E-state index is 0.274. The van der Waals surface area contributed by atoms with Crippen LogP contribution < -0.4 is 4.90 Å². The quantitative estimate of drug-likeness (QED) is 0.846. The van der Waals surface area contributed by atoms with E-state index in [-0.39, 0.29) is 5.91 Å². The van der Waals surface area contributed by atoms with Crippen LogP contribution in [0, 0.1) is 19.8 Å². The van der Waals surface area contributed by atoms with Crippen molar-refractivity contribution in [3.8, 4) is 0 Å². The predicted molar refractivity (Wildman–Crippen MR) is 88.5 cm³/mol. The molecule has 2 aliphatic rings. The number of amides is 1. The summed E-state index contributed by atoms with van der Waals surface area (Å²) in [5, 5.41) is 0. The van der Waals surface area contributed by atoms with Gasteiger partial charge >= 0.3 is 0 Å². The lowest BCUT2D eigenvalue weighted by atomic mass is 9.98. The van der Waals surface area contributed by atoms with E-state index in [1.54, 1.807) is 6.33 Å². The highest BCUT2D eigenvalue weighted by molar-refractivity contribution is 5.76.